The van der Waals surface area contributed by atoms with Crippen molar-refractivity contribution in [2.75, 3.05) is 0 Å². The number of nitrogens with two attached hydrogens (primary N) is 1. The second-order valence-electron chi connectivity index (χ2n) is 6.01. The highest BCUT2D eigenvalue weighted by Gasteiger charge is 2.43. The minimum Gasteiger partial charge on any atom is -0.353 e. The van der Waals surface area contributed by atoms with Gasteiger partial charge < -0.3 is 16.4 Å². The molecule has 1 amide bonds. The Morgan fingerprint density at radius 1 is 1.12 bits per heavy atom. The van der Waals surface area contributed by atoms with Crippen LogP contribution in [0, 0.1) is 5.92 Å². The first-order valence-electron chi connectivity index (χ1n) is 7.04. The number of amides is 1. The maximum Gasteiger partial charge on any atom is 0.224 e. The number of rotatable bonds is 2. The van der Waals surface area contributed by atoms with Crippen LogP contribution in [0.3, 0.4) is 0 Å². The molecule has 3 aliphatic rings. The van der Waals surface area contributed by atoms with Gasteiger partial charge in [0, 0.05) is 24.2 Å². The fourth-order valence-corrected chi connectivity index (χ4v) is 3.69. The third kappa shape index (κ3) is 2.33. The van der Waals surface area contributed by atoms with Gasteiger partial charge in [-0.05, 0) is 44.9 Å². The average Bonchev–Trinajstić information content (AvgIpc) is 2.94. The zero-order chi connectivity index (χ0) is 11.8. The fourth-order valence-electron chi connectivity index (χ4n) is 3.69. The smallest absolute Gasteiger partial charge is 0.224 e. The Morgan fingerprint density at radius 2 is 1.88 bits per heavy atom. The molecule has 0 aromatic carbocycles. The molecule has 3 fully saturated rings. The number of carbonyl (C=O) groups is 1. The van der Waals surface area contributed by atoms with Gasteiger partial charge in [0.1, 0.15) is 0 Å². The summed E-state index contributed by atoms with van der Waals surface area (Å²) in [7, 11) is 0. The lowest BCUT2D eigenvalue weighted by atomic mass is 9.87. The van der Waals surface area contributed by atoms with Gasteiger partial charge in [0.05, 0.1) is 5.92 Å². The van der Waals surface area contributed by atoms with Crippen molar-refractivity contribution in [1.29, 1.82) is 0 Å². The van der Waals surface area contributed by atoms with Gasteiger partial charge in [-0.1, -0.05) is 0 Å². The van der Waals surface area contributed by atoms with Crippen LogP contribution in [-0.2, 0) is 4.79 Å². The molecule has 2 bridgehead atoms. The van der Waals surface area contributed by atoms with Crippen molar-refractivity contribution in [3.63, 3.8) is 0 Å². The van der Waals surface area contributed by atoms with Crippen LogP contribution >= 0.6 is 0 Å². The molecule has 4 heteroatoms. The summed E-state index contributed by atoms with van der Waals surface area (Å²) in [5.74, 6) is 0.509. The fraction of sp³-hybridized carbons (Fsp3) is 0.923. The van der Waals surface area contributed by atoms with E-state index >= 15 is 0 Å². The van der Waals surface area contributed by atoms with E-state index in [1.807, 2.05) is 0 Å². The molecule has 4 N–H and O–H groups in total. The molecular formula is C13H23N3O. The quantitative estimate of drug-likeness (QED) is 0.655. The van der Waals surface area contributed by atoms with E-state index in [4.69, 9.17) is 5.73 Å². The van der Waals surface area contributed by atoms with E-state index in [-0.39, 0.29) is 11.8 Å². The molecular weight excluding hydrogens is 214 g/mol. The summed E-state index contributed by atoms with van der Waals surface area (Å²) in [5.41, 5.74) is 5.88. The molecule has 3 atom stereocenters. The standard InChI is InChI=1S/C13H23N3O/c14-8-1-3-9(4-2-8)16-13(17)11-7-10-5-6-12(11)15-10/h8-12,15H,1-7,14H2,(H,16,17). The Hall–Kier alpha value is -0.610. The molecule has 17 heavy (non-hydrogen) atoms. The summed E-state index contributed by atoms with van der Waals surface area (Å²) in [6.07, 6.45) is 7.70. The van der Waals surface area contributed by atoms with Crippen LogP contribution in [-0.4, -0.2) is 30.1 Å². The average molecular weight is 237 g/mol. The highest BCUT2D eigenvalue weighted by atomic mass is 16.2. The molecule has 2 heterocycles. The third-order valence-electron chi connectivity index (χ3n) is 4.76. The van der Waals surface area contributed by atoms with Crippen molar-refractivity contribution in [3.8, 4) is 0 Å². The van der Waals surface area contributed by atoms with Gasteiger partial charge in [-0.2, -0.15) is 0 Å². The molecule has 0 spiro atoms. The molecule has 3 rings (SSSR count). The van der Waals surface area contributed by atoms with Crippen LogP contribution in [0.4, 0.5) is 0 Å². The first kappa shape index (κ1) is 11.5. The number of nitrogens with one attached hydrogen (secondary N) is 2. The molecule has 3 unspecified atom stereocenters. The van der Waals surface area contributed by atoms with Crippen molar-refractivity contribution in [3.05, 3.63) is 0 Å². The van der Waals surface area contributed by atoms with Gasteiger partial charge in [-0.25, -0.2) is 0 Å². The molecule has 0 aromatic heterocycles. The molecule has 0 radical (unpaired) electrons. The molecule has 2 aliphatic heterocycles. The molecule has 2 saturated heterocycles. The van der Waals surface area contributed by atoms with E-state index in [1.54, 1.807) is 0 Å². The summed E-state index contributed by atoms with van der Waals surface area (Å²) in [5, 5.41) is 6.75. The molecule has 96 valence electrons. The van der Waals surface area contributed by atoms with E-state index in [0.29, 0.717) is 24.2 Å². The first-order chi connectivity index (χ1) is 8.22. The Bertz CT molecular complexity index is 299. The zero-order valence-corrected chi connectivity index (χ0v) is 10.3. The second kappa shape index (κ2) is 4.58. The maximum atomic E-state index is 12.2. The maximum absolute atomic E-state index is 12.2. The minimum atomic E-state index is 0.226. The van der Waals surface area contributed by atoms with Crippen molar-refractivity contribution in [2.45, 2.75) is 69.1 Å². The number of hydrogen-bond acceptors (Lipinski definition) is 3. The Balaban J connectivity index is 1.50. The Kier molecular flexibility index (Phi) is 3.09. The van der Waals surface area contributed by atoms with Crippen molar-refractivity contribution in [1.82, 2.24) is 10.6 Å². The lowest BCUT2D eigenvalue weighted by molar-refractivity contribution is -0.126. The van der Waals surface area contributed by atoms with Crippen LogP contribution in [0.25, 0.3) is 0 Å². The zero-order valence-electron chi connectivity index (χ0n) is 10.3. The highest BCUT2D eigenvalue weighted by Crippen LogP contribution is 2.33. The summed E-state index contributed by atoms with van der Waals surface area (Å²) in [6, 6.07) is 1.79. The van der Waals surface area contributed by atoms with Crippen molar-refractivity contribution in [2.24, 2.45) is 11.7 Å². The lowest BCUT2D eigenvalue weighted by Gasteiger charge is -2.29. The van der Waals surface area contributed by atoms with Crippen LogP contribution < -0.4 is 16.4 Å². The minimum absolute atomic E-state index is 0.226. The third-order valence-corrected chi connectivity index (χ3v) is 4.76. The van der Waals surface area contributed by atoms with E-state index in [2.05, 4.69) is 10.6 Å². The second-order valence-corrected chi connectivity index (χ2v) is 6.01. The van der Waals surface area contributed by atoms with Gasteiger partial charge in [-0.3, -0.25) is 4.79 Å². The Labute approximate surface area is 103 Å². The Morgan fingerprint density at radius 3 is 2.47 bits per heavy atom. The van der Waals surface area contributed by atoms with Crippen LogP contribution in [0.15, 0.2) is 0 Å². The summed E-state index contributed by atoms with van der Waals surface area (Å²) < 4.78 is 0. The predicted molar refractivity (Wildman–Crippen MR) is 66.4 cm³/mol. The van der Waals surface area contributed by atoms with E-state index in [1.165, 1.54) is 12.8 Å². The van der Waals surface area contributed by atoms with Crippen LogP contribution in [0.5, 0.6) is 0 Å². The van der Waals surface area contributed by atoms with Gasteiger partial charge in [-0.15, -0.1) is 0 Å². The molecule has 4 nitrogen and oxygen atoms in total. The number of fused-ring (bicyclic) bond motifs is 2. The van der Waals surface area contributed by atoms with Crippen LogP contribution in [0.1, 0.15) is 44.9 Å². The summed E-state index contributed by atoms with van der Waals surface area (Å²) >= 11 is 0. The monoisotopic (exact) mass is 237 g/mol. The van der Waals surface area contributed by atoms with Crippen molar-refractivity contribution >= 4 is 5.91 Å². The van der Waals surface area contributed by atoms with E-state index in [0.717, 1.165) is 32.1 Å². The highest BCUT2D eigenvalue weighted by molar-refractivity contribution is 5.80. The van der Waals surface area contributed by atoms with Crippen molar-refractivity contribution < 1.29 is 4.79 Å². The first-order valence-corrected chi connectivity index (χ1v) is 7.04. The van der Waals surface area contributed by atoms with Gasteiger partial charge in [0.15, 0.2) is 0 Å². The van der Waals surface area contributed by atoms with E-state index < -0.39 is 0 Å². The van der Waals surface area contributed by atoms with Gasteiger partial charge in [0.25, 0.3) is 0 Å². The summed E-state index contributed by atoms with van der Waals surface area (Å²) in [6.45, 7) is 0. The normalized spacial score (nSPS) is 44.9. The summed E-state index contributed by atoms with van der Waals surface area (Å²) in [4.78, 5) is 12.2. The largest absolute Gasteiger partial charge is 0.353 e. The molecule has 1 saturated carbocycles. The van der Waals surface area contributed by atoms with E-state index in [9.17, 15) is 4.79 Å². The lowest BCUT2D eigenvalue weighted by Crippen LogP contribution is -2.45. The number of carbonyl (C=O) groups excluding carboxylic acids is 1. The molecule has 0 aromatic rings. The topological polar surface area (TPSA) is 67.1 Å². The molecule has 1 aliphatic carbocycles. The van der Waals surface area contributed by atoms with Gasteiger partial charge >= 0.3 is 0 Å². The predicted octanol–water partition coefficient (Wildman–Crippen LogP) is 0.513. The van der Waals surface area contributed by atoms with Crippen LogP contribution in [0.2, 0.25) is 0 Å². The van der Waals surface area contributed by atoms with Gasteiger partial charge in [0.2, 0.25) is 5.91 Å². The SMILES string of the molecule is NC1CCC(NC(=O)C2CC3CCC2N3)CC1. The number of hydrogen-bond donors (Lipinski definition) is 3.